The Morgan fingerprint density at radius 2 is 1.96 bits per heavy atom. The number of hydrogen-bond donors (Lipinski definition) is 0. The first-order valence-electron chi connectivity index (χ1n) is 7.02. The molecule has 3 rings (SSSR count). The van der Waals surface area contributed by atoms with E-state index in [1.54, 1.807) is 30.3 Å². The lowest BCUT2D eigenvalue weighted by molar-refractivity contribution is -0.384. The largest absolute Gasteiger partial charge is 0.489 e. The molecular weight excluding hydrogens is 322 g/mol. The Morgan fingerprint density at radius 1 is 1.22 bits per heavy atom. The summed E-state index contributed by atoms with van der Waals surface area (Å²) >= 11 is 6.15. The third kappa shape index (κ3) is 4.34. The molecule has 1 aliphatic rings. The van der Waals surface area contributed by atoms with E-state index in [0.29, 0.717) is 29.7 Å². The minimum Gasteiger partial charge on any atom is -0.489 e. The quantitative estimate of drug-likeness (QED) is 0.439. The van der Waals surface area contributed by atoms with Crippen molar-refractivity contribution in [3.05, 3.63) is 63.2 Å². The second-order valence-electron chi connectivity index (χ2n) is 5.07. The molecule has 1 heterocycles. The lowest BCUT2D eigenvalue weighted by atomic mass is 10.2. The molecule has 2 aromatic rings. The van der Waals surface area contributed by atoms with Crippen LogP contribution in [0.15, 0.2) is 42.5 Å². The van der Waals surface area contributed by atoms with E-state index in [-0.39, 0.29) is 11.8 Å². The summed E-state index contributed by atoms with van der Waals surface area (Å²) < 4.78 is 16.2. The maximum atomic E-state index is 10.6. The average Bonchev–Trinajstić information content (AvgIpc) is 3.36. The third-order valence-corrected chi connectivity index (χ3v) is 3.58. The van der Waals surface area contributed by atoms with Crippen LogP contribution in [0.2, 0.25) is 5.02 Å². The van der Waals surface area contributed by atoms with Gasteiger partial charge in [-0.2, -0.15) is 0 Å². The Kier molecular flexibility index (Phi) is 4.64. The van der Waals surface area contributed by atoms with Gasteiger partial charge in [0.2, 0.25) is 0 Å². The molecule has 1 saturated heterocycles. The predicted octanol–water partition coefficient (Wildman–Crippen LogP) is 3.60. The van der Waals surface area contributed by atoms with Crippen molar-refractivity contribution >= 4 is 17.3 Å². The van der Waals surface area contributed by atoms with E-state index in [4.69, 9.17) is 25.8 Å². The zero-order chi connectivity index (χ0) is 16.2. The van der Waals surface area contributed by atoms with Crippen LogP contribution in [0.1, 0.15) is 5.56 Å². The molecule has 7 heteroatoms. The standard InChI is InChI=1S/C16H14ClNO5/c17-15-7-13(5-6-16(15)23-10-14-9-22-14)21-8-11-1-3-12(4-2-11)18(19)20/h1-7,14H,8-10H2/t14-/m1/s1. The number of rotatable bonds is 7. The fourth-order valence-electron chi connectivity index (χ4n) is 1.92. The zero-order valence-electron chi connectivity index (χ0n) is 12.1. The van der Waals surface area contributed by atoms with Crippen molar-refractivity contribution in [2.24, 2.45) is 0 Å². The topological polar surface area (TPSA) is 74.1 Å². The number of nitro benzene ring substituents is 1. The molecule has 1 fully saturated rings. The van der Waals surface area contributed by atoms with Crippen molar-refractivity contribution in [3.8, 4) is 11.5 Å². The lowest BCUT2D eigenvalue weighted by Gasteiger charge is -2.10. The van der Waals surface area contributed by atoms with Crippen LogP contribution in [0.5, 0.6) is 11.5 Å². The molecule has 2 aromatic carbocycles. The van der Waals surface area contributed by atoms with Crippen molar-refractivity contribution < 1.29 is 19.1 Å². The number of halogens is 1. The van der Waals surface area contributed by atoms with Crippen LogP contribution in [0.4, 0.5) is 5.69 Å². The van der Waals surface area contributed by atoms with Gasteiger partial charge in [0.05, 0.1) is 16.6 Å². The highest BCUT2D eigenvalue weighted by Crippen LogP contribution is 2.30. The van der Waals surface area contributed by atoms with Crippen molar-refractivity contribution in [2.45, 2.75) is 12.7 Å². The average molecular weight is 336 g/mol. The number of non-ortho nitro benzene ring substituents is 1. The first-order chi connectivity index (χ1) is 11.1. The normalized spacial score (nSPS) is 16.0. The van der Waals surface area contributed by atoms with Gasteiger partial charge in [0, 0.05) is 18.2 Å². The summed E-state index contributed by atoms with van der Waals surface area (Å²) in [6.07, 6.45) is 0.170. The summed E-state index contributed by atoms with van der Waals surface area (Å²) in [4.78, 5) is 10.2. The maximum Gasteiger partial charge on any atom is 0.269 e. The smallest absolute Gasteiger partial charge is 0.269 e. The number of epoxide rings is 1. The van der Waals surface area contributed by atoms with Crippen LogP contribution in [-0.2, 0) is 11.3 Å². The van der Waals surface area contributed by atoms with E-state index in [9.17, 15) is 10.1 Å². The highest BCUT2D eigenvalue weighted by Gasteiger charge is 2.23. The van der Waals surface area contributed by atoms with Crippen LogP contribution in [0, 0.1) is 10.1 Å². The summed E-state index contributed by atoms with van der Waals surface area (Å²) in [5.41, 5.74) is 0.885. The first-order valence-corrected chi connectivity index (χ1v) is 7.40. The molecule has 0 aromatic heterocycles. The Labute approximate surface area is 137 Å². The van der Waals surface area contributed by atoms with Crippen LogP contribution in [0.3, 0.4) is 0 Å². The van der Waals surface area contributed by atoms with Gasteiger partial charge in [0.25, 0.3) is 5.69 Å². The van der Waals surface area contributed by atoms with Crippen molar-refractivity contribution in [1.82, 2.24) is 0 Å². The van der Waals surface area contributed by atoms with Crippen LogP contribution >= 0.6 is 11.6 Å². The first kappa shape index (κ1) is 15.6. The van der Waals surface area contributed by atoms with Crippen LogP contribution in [-0.4, -0.2) is 24.2 Å². The second kappa shape index (κ2) is 6.85. The molecule has 6 nitrogen and oxygen atoms in total. The summed E-state index contributed by atoms with van der Waals surface area (Å²) in [5, 5.41) is 11.1. The van der Waals surface area contributed by atoms with Gasteiger partial charge in [-0.05, 0) is 29.8 Å². The number of nitro groups is 1. The minimum atomic E-state index is -0.435. The fraction of sp³-hybridized carbons (Fsp3) is 0.250. The molecule has 23 heavy (non-hydrogen) atoms. The molecule has 0 aliphatic carbocycles. The Morgan fingerprint density at radius 3 is 2.57 bits per heavy atom. The molecule has 0 spiro atoms. The fourth-order valence-corrected chi connectivity index (χ4v) is 2.14. The maximum absolute atomic E-state index is 10.6. The van der Waals surface area contributed by atoms with E-state index >= 15 is 0 Å². The van der Waals surface area contributed by atoms with Gasteiger partial charge in [-0.15, -0.1) is 0 Å². The predicted molar refractivity (Wildman–Crippen MR) is 84.1 cm³/mol. The van der Waals surface area contributed by atoms with Gasteiger partial charge in [-0.3, -0.25) is 10.1 Å². The Hall–Kier alpha value is -2.31. The summed E-state index contributed by atoms with van der Waals surface area (Å²) in [6.45, 7) is 1.52. The van der Waals surface area contributed by atoms with Crippen LogP contribution in [0.25, 0.3) is 0 Å². The van der Waals surface area contributed by atoms with Crippen LogP contribution < -0.4 is 9.47 Å². The van der Waals surface area contributed by atoms with Gasteiger partial charge < -0.3 is 14.2 Å². The van der Waals surface area contributed by atoms with Gasteiger partial charge in [-0.1, -0.05) is 11.6 Å². The molecule has 1 aliphatic heterocycles. The Balaban J connectivity index is 1.56. The van der Waals surface area contributed by atoms with Crippen molar-refractivity contribution in [3.63, 3.8) is 0 Å². The summed E-state index contributed by atoms with van der Waals surface area (Å²) in [7, 11) is 0. The number of ether oxygens (including phenoxy) is 3. The molecule has 120 valence electrons. The van der Waals surface area contributed by atoms with Gasteiger partial charge in [0.1, 0.15) is 30.8 Å². The zero-order valence-corrected chi connectivity index (χ0v) is 12.9. The summed E-state index contributed by atoms with van der Waals surface area (Å²) in [6, 6.07) is 11.4. The van der Waals surface area contributed by atoms with Crippen molar-refractivity contribution in [1.29, 1.82) is 0 Å². The van der Waals surface area contributed by atoms with E-state index in [1.165, 1.54) is 12.1 Å². The van der Waals surface area contributed by atoms with Gasteiger partial charge >= 0.3 is 0 Å². The number of hydrogen-bond acceptors (Lipinski definition) is 5. The highest BCUT2D eigenvalue weighted by atomic mass is 35.5. The molecular formula is C16H14ClNO5. The Bertz CT molecular complexity index is 700. The number of nitrogens with zero attached hydrogens (tertiary/aromatic N) is 1. The molecule has 0 N–H and O–H groups in total. The molecule has 0 radical (unpaired) electrons. The summed E-state index contributed by atoms with van der Waals surface area (Å²) in [5.74, 6) is 1.19. The lowest BCUT2D eigenvalue weighted by Crippen LogP contribution is -2.04. The molecule has 0 unspecified atom stereocenters. The van der Waals surface area contributed by atoms with E-state index < -0.39 is 4.92 Å². The SMILES string of the molecule is O=[N+]([O-])c1ccc(COc2ccc(OC[C@H]3CO3)c(Cl)c2)cc1. The number of benzene rings is 2. The van der Waals surface area contributed by atoms with E-state index in [2.05, 4.69) is 0 Å². The monoisotopic (exact) mass is 335 g/mol. The van der Waals surface area contributed by atoms with Gasteiger partial charge in [-0.25, -0.2) is 0 Å². The van der Waals surface area contributed by atoms with E-state index in [1.807, 2.05) is 0 Å². The van der Waals surface area contributed by atoms with Gasteiger partial charge in [0.15, 0.2) is 0 Å². The second-order valence-corrected chi connectivity index (χ2v) is 5.48. The molecule has 0 bridgehead atoms. The highest BCUT2D eigenvalue weighted by molar-refractivity contribution is 6.32. The minimum absolute atomic E-state index is 0.0536. The molecule has 0 amide bonds. The molecule has 0 saturated carbocycles. The van der Waals surface area contributed by atoms with Crippen molar-refractivity contribution in [2.75, 3.05) is 13.2 Å². The molecule has 1 atom stereocenters. The third-order valence-electron chi connectivity index (χ3n) is 3.28. The van der Waals surface area contributed by atoms with E-state index in [0.717, 1.165) is 12.2 Å².